The number of rotatable bonds is 6. The topological polar surface area (TPSA) is 88.6 Å². The molecule has 0 aliphatic carbocycles. The van der Waals surface area contributed by atoms with Crippen molar-refractivity contribution >= 4 is 28.1 Å². The first-order valence-corrected chi connectivity index (χ1v) is 8.77. The maximum Gasteiger partial charge on any atom is 0.289 e. The summed E-state index contributed by atoms with van der Waals surface area (Å²) in [6, 6.07) is 14.7. The van der Waals surface area contributed by atoms with Gasteiger partial charge in [0.05, 0.1) is 26.1 Å². The van der Waals surface area contributed by atoms with E-state index in [1.807, 2.05) is 24.3 Å². The molecule has 2 N–H and O–H groups in total. The molecule has 0 bridgehead atoms. The minimum Gasteiger partial charge on any atom is -0.493 e. The van der Waals surface area contributed by atoms with Crippen LogP contribution in [0.25, 0.3) is 11.3 Å². The Labute approximate surface area is 164 Å². The highest BCUT2D eigenvalue weighted by molar-refractivity contribution is 9.10. The van der Waals surface area contributed by atoms with E-state index < -0.39 is 0 Å². The molecule has 0 saturated carbocycles. The zero-order chi connectivity index (χ0) is 19.2. The smallest absolute Gasteiger partial charge is 0.289 e. The molecule has 1 amide bonds. The second-order valence-electron chi connectivity index (χ2n) is 5.49. The summed E-state index contributed by atoms with van der Waals surface area (Å²) in [4.78, 5) is 12.2. The normalized spacial score (nSPS) is 10.8. The SMILES string of the molecule is COc1ccc(/C=N\NC(=O)c2cc(-c3ccc(Br)cc3)n[nH]2)cc1OC. The van der Waals surface area contributed by atoms with Gasteiger partial charge in [-0.05, 0) is 42.0 Å². The molecule has 1 heterocycles. The zero-order valence-corrected chi connectivity index (χ0v) is 16.3. The van der Waals surface area contributed by atoms with Gasteiger partial charge >= 0.3 is 0 Å². The Hall–Kier alpha value is -3.13. The van der Waals surface area contributed by atoms with Gasteiger partial charge in [0.2, 0.25) is 0 Å². The third-order valence-electron chi connectivity index (χ3n) is 3.75. The van der Waals surface area contributed by atoms with Crippen LogP contribution >= 0.6 is 15.9 Å². The summed E-state index contributed by atoms with van der Waals surface area (Å²) in [6.07, 6.45) is 1.52. The van der Waals surface area contributed by atoms with Crippen LogP contribution in [-0.4, -0.2) is 36.5 Å². The quantitative estimate of drug-likeness (QED) is 0.463. The minimum atomic E-state index is -0.386. The van der Waals surface area contributed by atoms with Crippen LogP contribution < -0.4 is 14.9 Å². The van der Waals surface area contributed by atoms with E-state index in [1.165, 1.54) is 6.21 Å². The first kappa shape index (κ1) is 18.7. The van der Waals surface area contributed by atoms with Crippen molar-refractivity contribution in [3.8, 4) is 22.8 Å². The lowest BCUT2D eigenvalue weighted by Crippen LogP contribution is -2.18. The Morgan fingerprint density at radius 1 is 1.11 bits per heavy atom. The molecule has 3 rings (SSSR count). The summed E-state index contributed by atoms with van der Waals surface area (Å²) in [7, 11) is 3.13. The van der Waals surface area contributed by atoms with Crippen molar-refractivity contribution < 1.29 is 14.3 Å². The molecule has 0 unspecified atom stereocenters. The number of hydrazone groups is 1. The highest BCUT2D eigenvalue weighted by Gasteiger charge is 2.10. The van der Waals surface area contributed by atoms with E-state index in [9.17, 15) is 4.79 Å². The predicted octanol–water partition coefficient (Wildman–Crippen LogP) is 3.62. The number of ether oxygens (including phenoxy) is 2. The second-order valence-corrected chi connectivity index (χ2v) is 6.40. The summed E-state index contributed by atoms with van der Waals surface area (Å²) >= 11 is 3.39. The molecule has 3 aromatic rings. The number of halogens is 1. The molecule has 7 nitrogen and oxygen atoms in total. The van der Waals surface area contributed by atoms with Gasteiger partial charge in [0.1, 0.15) is 5.69 Å². The fraction of sp³-hybridized carbons (Fsp3) is 0.105. The fourth-order valence-corrected chi connectivity index (χ4v) is 2.63. The summed E-state index contributed by atoms with van der Waals surface area (Å²) in [5, 5.41) is 10.8. The van der Waals surface area contributed by atoms with Gasteiger partial charge in [-0.3, -0.25) is 9.89 Å². The van der Waals surface area contributed by atoms with Crippen molar-refractivity contribution in [3.05, 3.63) is 64.3 Å². The van der Waals surface area contributed by atoms with Crippen molar-refractivity contribution in [1.29, 1.82) is 0 Å². The maximum atomic E-state index is 12.2. The van der Waals surface area contributed by atoms with Crippen LogP contribution in [0.4, 0.5) is 0 Å². The third-order valence-corrected chi connectivity index (χ3v) is 4.28. The van der Waals surface area contributed by atoms with Gasteiger partial charge in [0.15, 0.2) is 11.5 Å². The van der Waals surface area contributed by atoms with Gasteiger partial charge in [-0.1, -0.05) is 28.1 Å². The Morgan fingerprint density at radius 3 is 2.56 bits per heavy atom. The average Bonchev–Trinajstić information content (AvgIpc) is 3.18. The van der Waals surface area contributed by atoms with Crippen LogP contribution in [0.1, 0.15) is 16.1 Å². The molecule has 0 saturated heterocycles. The lowest BCUT2D eigenvalue weighted by atomic mass is 10.1. The molecule has 138 valence electrons. The number of aromatic amines is 1. The van der Waals surface area contributed by atoms with Crippen molar-refractivity contribution in [2.75, 3.05) is 14.2 Å². The van der Waals surface area contributed by atoms with Crippen molar-refractivity contribution in [1.82, 2.24) is 15.6 Å². The van der Waals surface area contributed by atoms with Crippen LogP contribution in [-0.2, 0) is 0 Å². The molecule has 8 heteroatoms. The van der Waals surface area contributed by atoms with E-state index in [0.29, 0.717) is 22.9 Å². The molecular weight excluding hydrogens is 412 g/mol. The first-order chi connectivity index (χ1) is 13.1. The molecular formula is C19H17BrN4O3. The summed E-state index contributed by atoms with van der Waals surface area (Å²) < 4.78 is 11.4. The number of benzene rings is 2. The number of nitrogens with zero attached hydrogens (tertiary/aromatic N) is 2. The minimum absolute atomic E-state index is 0.317. The van der Waals surface area contributed by atoms with Crippen molar-refractivity contribution in [2.24, 2.45) is 5.10 Å². The van der Waals surface area contributed by atoms with Crippen LogP contribution in [0.5, 0.6) is 11.5 Å². The Bertz CT molecular complexity index is 967. The van der Waals surface area contributed by atoms with Crippen LogP contribution in [0.2, 0.25) is 0 Å². The largest absolute Gasteiger partial charge is 0.493 e. The number of nitrogens with one attached hydrogen (secondary N) is 2. The number of aromatic nitrogens is 2. The number of H-pyrrole nitrogens is 1. The van der Waals surface area contributed by atoms with Gasteiger partial charge in [-0.25, -0.2) is 5.43 Å². The molecule has 0 radical (unpaired) electrons. The Morgan fingerprint density at radius 2 is 1.85 bits per heavy atom. The highest BCUT2D eigenvalue weighted by Crippen LogP contribution is 2.26. The monoisotopic (exact) mass is 428 g/mol. The molecule has 0 aliphatic heterocycles. The Balaban J connectivity index is 1.66. The predicted molar refractivity (Wildman–Crippen MR) is 106 cm³/mol. The standard InChI is InChI=1S/C19H17BrN4O3/c1-26-17-8-3-12(9-18(17)27-2)11-21-24-19(25)16-10-15(22-23-16)13-4-6-14(20)7-5-13/h3-11H,1-2H3,(H,22,23)(H,24,25)/b21-11-. The lowest BCUT2D eigenvalue weighted by molar-refractivity contribution is 0.0950. The summed E-state index contributed by atoms with van der Waals surface area (Å²) in [6.45, 7) is 0. The van der Waals surface area contributed by atoms with Crippen molar-refractivity contribution in [3.63, 3.8) is 0 Å². The molecule has 27 heavy (non-hydrogen) atoms. The van der Waals surface area contributed by atoms with Crippen LogP contribution in [0, 0.1) is 0 Å². The summed E-state index contributed by atoms with van der Waals surface area (Å²) in [5.74, 6) is 0.819. The van der Waals surface area contributed by atoms with Gasteiger partial charge in [-0.15, -0.1) is 0 Å². The molecule has 0 fully saturated rings. The van der Waals surface area contributed by atoms with Gasteiger partial charge < -0.3 is 9.47 Å². The lowest BCUT2D eigenvalue weighted by Gasteiger charge is -2.07. The number of carbonyl (C=O) groups excluding carboxylic acids is 1. The van der Waals surface area contributed by atoms with E-state index in [1.54, 1.807) is 38.5 Å². The van der Waals surface area contributed by atoms with E-state index in [0.717, 1.165) is 15.6 Å². The molecule has 0 atom stereocenters. The zero-order valence-electron chi connectivity index (χ0n) is 14.7. The van der Waals surface area contributed by atoms with Crippen molar-refractivity contribution in [2.45, 2.75) is 0 Å². The van der Waals surface area contributed by atoms with Crippen LogP contribution in [0.15, 0.2) is 58.1 Å². The number of hydrogen-bond donors (Lipinski definition) is 2. The van der Waals surface area contributed by atoms with E-state index in [-0.39, 0.29) is 5.91 Å². The third kappa shape index (κ3) is 4.53. The Kier molecular flexibility index (Phi) is 5.87. The van der Waals surface area contributed by atoms with Crippen LogP contribution in [0.3, 0.4) is 0 Å². The second kappa shape index (κ2) is 8.50. The first-order valence-electron chi connectivity index (χ1n) is 7.97. The van der Waals surface area contributed by atoms with Gasteiger partial charge in [-0.2, -0.15) is 10.2 Å². The van der Waals surface area contributed by atoms with E-state index in [2.05, 4.69) is 36.7 Å². The number of methoxy groups -OCH3 is 2. The number of hydrogen-bond acceptors (Lipinski definition) is 5. The summed E-state index contributed by atoms with van der Waals surface area (Å²) in [5.41, 5.74) is 5.12. The number of carbonyl (C=O) groups is 1. The highest BCUT2D eigenvalue weighted by atomic mass is 79.9. The fourth-order valence-electron chi connectivity index (χ4n) is 2.37. The molecule has 0 aliphatic rings. The number of amides is 1. The molecule has 0 spiro atoms. The molecule has 1 aromatic heterocycles. The maximum absolute atomic E-state index is 12.2. The average molecular weight is 429 g/mol. The van der Waals surface area contributed by atoms with Gasteiger partial charge in [0.25, 0.3) is 5.91 Å². The van der Waals surface area contributed by atoms with Gasteiger partial charge in [0, 0.05) is 10.0 Å². The van der Waals surface area contributed by atoms with E-state index >= 15 is 0 Å². The van der Waals surface area contributed by atoms with E-state index in [4.69, 9.17) is 9.47 Å². The molecule has 2 aromatic carbocycles.